The number of alkyl halides is 3. The molecule has 1 aromatic heterocycles. The van der Waals surface area contributed by atoms with Gasteiger partial charge in [0.15, 0.2) is 9.84 Å². The Bertz CT molecular complexity index is 1040. The molecule has 1 heterocycles. The first-order valence-electron chi connectivity index (χ1n) is 7.39. The number of nitrogen functional groups attached to an aromatic ring is 1. The zero-order valence-electron chi connectivity index (χ0n) is 13.5. The average Bonchev–Trinajstić information content (AvgIpc) is 3.00. The molecular formula is C17H14F3N3O2S. The van der Waals surface area contributed by atoms with Gasteiger partial charge in [0.1, 0.15) is 11.4 Å². The van der Waals surface area contributed by atoms with Crippen LogP contribution in [0.1, 0.15) is 5.69 Å². The topological polar surface area (TPSA) is 88.8 Å². The minimum atomic E-state index is -4.63. The van der Waals surface area contributed by atoms with E-state index < -0.39 is 21.7 Å². The van der Waals surface area contributed by atoms with Crippen molar-refractivity contribution in [1.29, 1.82) is 0 Å². The molecule has 0 atom stereocenters. The van der Waals surface area contributed by atoms with Gasteiger partial charge in [-0.15, -0.1) is 0 Å². The smallest absolute Gasteiger partial charge is 0.399 e. The molecule has 0 saturated heterocycles. The number of nitrogens with two attached hydrogens (primary N) is 1. The van der Waals surface area contributed by atoms with E-state index in [0.29, 0.717) is 16.8 Å². The van der Waals surface area contributed by atoms with Gasteiger partial charge >= 0.3 is 6.18 Å². The van der Waals surface area contributed by atoms with Crippen LogP contribution < -0.4 is 5.73 Å². The van der Waals surface area contributed by atoms with Crippen molar-refractivity contribution >= 4 is 15.5 Å². The first kappa shape index (κ1) is 18.0. The quantitative estimate of drug-likeness (QED) is 0.677. The number of nitrogens with zero attached hydrogens (tertiary/aromatic N) is 1. The number of aromatic amines is 1. The average molecular weight is 381 g/mol. The zero-order chi connectivity index (χ0) is 19.1. The Morgan fingerprint density at radius 2 is 1.50 bits per heavy atom. The van der Waals surface area contributed by atoms with Gasteiger partial charge in [0, 0.05) is 23.1 Å². The molecule has 0 unspecified atom stereocenters. The number of rotatable bonds is 3. The van der Waals surface area contributed by atoms with Gasteiger partial charge in [-0.1, -0.05) is 24.3 Å². The Kier molecular flexibility index (Phi) is 4.27. The van der Waals surface area contributed by atoms with E-state index in [-0.39, 0.29) is 16.2 Å². The highest BCUT2D eigenvalue weighted by molar-refractivity contribution is 7.90. The summed E-state index contributed by atoms with van der Waals surface area (Å²) in [5.74, 6) is 0. The lowest BCUT2D eigenvalue weighted by Gasteiger charge is -2.10. The lowest BCUT2D eigenvalue weighted by molar-refractivity contribution is -0.140. The standard InChI is InChI=1S/C17H14F3N3O2S/c1-26(24,25)13-8-4-11(5-9-13)15-14(10-2-6-12(21)7-3-10)16(23-22-15)17(18,19)20/h2-9H,21H2,1H3,(H,22,23). The monoisotopic (exact) mass is 381 g/mol. The maximum absolute atomic E-state index is 13.4. The number of nitrogens with one attached hydrogen (secondary N) is 1. The Morgan fingerprint density at radius 3 is 2.00 bits per heavy atom. The molecule has 0 bridgehead atoms. The SMILES string of the molecule is CS(=O)(=O)c1ccc(-c2n[nH]c(C(F)(F)F)c2-c2ccc(N)cc2)cc1. The number of sulfone groups is 1. The minimum Gasteiger partial charge on any atom is -0.399 e. The molecule has 0 amide bonds. The van der Waals surface area contributed by atoms with Crippen LogP contribution in [-0.4, -0.2) is 24.9 Å². The van der Waals surface area contributed by atoms with Crippen LogP contribution in [0.2, 0.25) is 0 Å². The van der Waals surface area contributed by atoms with E-state index in [1.807, 2.05) is 5.10 Å². The van der Waals surface area contributed by atoms with E-state index in [1.165, 1.54) is 48.5 Å². The predicted octanol–water partition coefficient (Wildman–Crippen LogP) is 3.75. The second-order valence-electron chi connectivity index (χ2n) is 5.74. The van der Waals surface area contributed by atoms with Gasteiger partial charge in [-0.2, -0.15) is 18.3 Å². The molecule has 0 fully saturated rings. The van der Waals surface area contributed by atoms with Gasteiger partial charge in [-0.3, -0.25) is 5.10 Å². The van der Waals surface area contributed by atoms with Crippen LogP contribution in [0.4, 0.5) is 18.9 Å². The Labute approximate surface area is 147 Å². The van der Waals surface area contributed by atoms with Crippen molar-refractivity contribution in [2.75, 3.05) is 12.0 Å². The highest BCUT2D eigenvalue weighted by atomic mass is 32.2. The summed E-state index contributed by atoms with van der Waals surface area (Å²) in [6.07, 6.45) is -3.58. The van der Waals surface area contributed by atoms with Crippen LogP contribution in [-0.2, 0) is 16.0 Å². The fraction of sp³-hybridized carbons (Fsp3) is 0.118. The number of halogens is 3. The molecule has 0 saturated carbocycles. The van der Waals surface area contributed by atoms with E-state index in [0.717, 1.165) is 6.26 Å². The molecule has 3 N–H and O–H groups in total. The Balaban J connectivity index is 2.19. The molecule has 9 heteroatoms. The molecule has 0 aliphatic rings. The van der Waals surface area contributed by atoms with E-state index >= 15 is 0 Å². The maximum Gasteiger partial charge on any atom is 0.433 e. The van der Waals surface area contributed by atoms with E-state index in [4.69, 9.17) is 5.73 Å². The van der Waals surface area contributed by atoms with Gasteiger partial charge in [-0.25, -0.2) is 8.42 Å². The van der Waals surface area contributed by atoms with Crippen molar-refractivity contribution in [2.45, 2.75) is 11.1 Å². The third-order valence-electron chi connectivity index (χ3n) is 3.81. The Morgan fingerprint density at radius 1 is 0.962 bits per heavy atom. The third kappa shape index (κ3) is 3.43. The highest BCUT2D eigenvalue weighted by Gasteiger charge is 2.38. The van der Waals surface area contributed by atoms with Crippen LogP contribution >= 0.6 is 0 Å². The summed E-state index contributed by atoms with van der Waals surface area (Å²) < 4.78 is 63.3. The number of H-pyrrole nitrogens is 1. The van der Waals surface area contributed by atoms with E-state index in [2.05, 4.69) is 5.10 Å². The normalized spacial score (nSPS) is 12.3. The summed E-state index contributed by atoms with van der Waals surface area (Å²) in [6.45, 7) is 0. The lowest BCUT2D eigenvalue weighted by Crippen LogP contribution is -2.07. The Hall–Kier alpha value is -2.81. The molecule has 0 aliphatic carbocycles. The molecule has 3 rings (SSSR count). The van der Waals surface area contributed by atoms with Crippen LogP contribution in [0.5, 0.6) is 0 Å². The zero-order valence-corrected chi connectivity index (χ0v) is 14.3. The van der Waals surface area contributed by atoms with Gasteiger partial charge in [0.05, 0.1) is 4.90 Å². The van der Waals surface area contributed by atoms with Crippen molar-refractivity contribution in [3.8, 4) is 22.4 Å². The molecule has 3 aromatic rings. The van der Waals surface area contributed by atoms with Gasteiger partial charge < -0.3 is 5.73 Å². The summed E-state index contributed by atoms with van der Waals surface area (Å²) >= 11 is 0. The number of aromatic nitrogens is 2. The lowest BCUT2D eigenvalue weighted by atomic mass is 9.98. The first-order valence-corrected chi connectivity index (χ1v) is 9.28. The van der Waals surface area contributed by atoms with Crippen molar-refractivity contribution in [2.24, 2.45) is 0 Å². The first-order chi connectivity index (χ1) is 12.1. The fourth-order valence-electron chi connectivity index (χ4n) is 2.55. The van der Waals surface area contributed by atoms with Crippen LogP contribution in [0, 0.1) is 0 Å². The fourth-order valence-corrected chi connectivity index (χ4v) is 3.18. The van der Waals surface area contributed by atoms with Gasteiger partial charge in [0.2, 0.25) is 0 Å². The van der Waals surface area contributed by atoms with Gasteiger partial charge in [0.25, 0.3) is 0 Å². The van der Waals surface area contributed by atoms with Crippen LogP contribution in [0.25, 0.3) is 22.4 Å². The van der Waals surface area contributed by atoms with Crippen LogP contribution in [0.3, 0.4) is 0 Å². The van der Waals surface area contributed by atoms with Crippen molar-refractivity contribution in [1.82, 2.24) is 10.2 Å². The predicted molar refractivity (Wildman–Crippen MR) is 92.0 cm³/mol. The van der Waals surface area contributed by atoms with Crippen molar-refractivity contribution in [3.63, 3.8) is 0 Å². The summed E-state index contributed by atoms with van der Waals surface area (Å²) in [7, 11) is -3.41. The van der Waals surface area contributed by atoms with E-state index in [9.17, 15) is 21.6 Å². The molecule has 26 heavy (non-hydrogen) atoms. The molecule has 0 aliphatic heterocycles. The van der Waals surface area contributed by atoms with Gasteiger partial charge in [-0.05, 0) is 29.8 Å². The highest BCUT2D eigenvalue weighted by Crippen LogP contribution is 2.41. The summed E-state index contributed by atoms with van der Waals surface area (Å²) in [5.41, 5.74) is 5.65. The second-order valence-corrected chi connectivity index (χ2v) is 7.75. The summed E-state index contributed by atoms with van der Waals surface area (Å²) in [4.78, 5) is 0.0712. The summed E-state index contributed by atoms with van der Waals surface area (Å²) in [5, 5.41) is 5.86. The number of anilines is 1. The molecule has 5 nitrogen and oxygen atoms in total. The number of hydrogen-bond donors (Lipinski definition) is 2. The van der Waals surface area contributed by atoms with Crippen molar-refractivity contribution < 1.29 is 21.6 Å². The van der Waals surface area contributed by atoms with E-state index in [1.54, 1.807) is 0 Å². The second kappa shape index (κ2) is 6.17. The number of hydrogen-bond acceptors (Lipinski definition) is 4. The largest absolute Gasteiger partial charge is 0.433 e. The summed E-state index contributed by atoms with van der Waals surface area (Å²) in [6, 6.07) is 11.5. The molecule has 136 valence electrons. The maximum atomic E-state index is 13.4. The molecule has 0 radical (unpaired) electrons. The molecular weight excluding hydrogens is 367 g/mol. The van der Waals surface area contributed by atoms with Crippen LogP contribution in [0.15, 0.2) is 53.4 Å². The third-order valence-corrected chi connectivity index (χ3v) is 4.93. The number of benzene rings is 2. The minimum absolute atomic E-state index is 0.0712. The molecule has 2 aromatic carbocycles. The van der Waals surface area contributed by atoms with Crippen molar-refractivity contribution in [3.05, 3.63) is 54.2 Å². The molecule has 0 spiro atoms.